The number of fused-ring (bicyclic) bond motifs is 1. The molecule has 5 nitrogen and oxygen atoms in total. The third-order valence-electron chi connectivity index (χ3n) is 4.61. The van der Waals surface area contributed by atoms with Crippen LogP contribution in [0.15, 0.2) is 60.8 Å². The van der Waals surface area contributed by atoms with Crippen molar-refractivity contribution in [3.8, 4) is 0 Å². The van der Waals surface area contributed by atoms with Crippen LogP contribution in [0.1, 0.15) is 25.0 Å². The molecule has 0 bridgehead atoms. The zero-order valence-corrected chi connectivity index (χ0v) is 16.4. The number of pyridine rings is 1. The van der Waals surface area contributed by atoms with Crippen molar-refractivity contribution in [2.75, 3.05) is 5.32 Å². The Morgan fingerprint density at radius 2 is 1.75 bits per heavy atom. The third-order valence-corrected chi connectivity index (χ3v) is 4.61. The highest BCUT2D eigenvalue weighted by molar-refractivity contribution is 5.97. The van der Waals surface area contributed by atoms with Crippen LogP contribution in [0.5, 0.6) is 0 Å². The fourth-order valence-corrected chi connectivity index (χ4v) is 3.10. The number of amides is 2. The molecule has 0 saturated carbocycles. The lowest BCUT2D eigenvalue weighted by molar-refractivity contribution is -0.127. The summed E-state index contributed by atoms with van der Waals surface area (Å²) >= 11 is 0. The molecule has 2 amide bonds. The molecule has 0 aliphatic rings. The van der Waals surface area contributed by atoms with E-state index in [0.717, 1.165) is 21.9 Å². The van der Waals surface area contributed by atoms with Crippen molar-refractivity contribution in [1.82, 2.24) is 10.3 Å². The highest BCUT2D eigenvalue weighted by Crippen LogP contribution is 2.16. The van der Waals surface area contributed by atoms with Crippen LogP contribution in [0.2, 0.25) is 0 Å². The van der Waals surface area contributed by atoms with Gasteiger partial charge in [0.05, 0.1) is 6.42 Å². The third kappa shape index (κ3) is 4.94. The minimum absolute atomic E-state index is 0.0506. The van der Waals surface area contributed by atoms with Crippen LogP contribution in [-0.2, 0) is 16.0 Å². The number of carbonyl (C=O) groups excluding carboxylic acids is 2. The number of nitrogens with one attached hydrogen (secondary N) is 2. The van der Waals surface area contributed by atoms with Crippen molar-refractivity contribution in [3.05, 3.63) is 71.9 Å². The van der Waals surface area contributed by atoms with E-state index in [1.165, 1.54) is 0 Å². The van der Waals surface area contributed by atoms with Gasteiger partial charge in [-0.25, -0.2) is 4.98 Å². The lowest BCUT2D eigenvalue weighted by Gasteiger charge is -2.21. The minimum Gasteiger partial charge on any atom is -0.344 e. The fraction of sp³-hybridized carbons (Fsp3) is 0.261. The van der Waals surface area contributed by atoms with Gasteiger partial charge in [-0.3, -0.25) is 9.59 Å². The van der Waals surface area contributed by atoms with E-state index >= 15 is 0 Å². The lowest BCUT2D eigenvalue weighted by Crippen LogP contribution is -2.47. The molecule has 144 valence electrons. The number of hydrogen-bond donors (Lipinski definition) is 2. The molecule has 0 spiro atoms. The number of aryl methyl sites for hydroxylation is 1. The number of hydrogen-bond acceptors (Lipinski definition) is 3. The van der Waals surface area contributed by atoms with Crippen molar-refractivity contribution in [1.29, 1.82) is 0 Å². The van der Waals surface area contributed by atoms with Gasteiger partial charge in [0, 0.05) is 6.20 Å². The average Bonchev–Trinajstić information content (AvgIpc) is 2.65. The normalized spacial score (nSPS) is 12.0. The zero-order valence-electron chi connectivity index (χ0n) is 16.4. The second kappa shape index (κ2) is 8.65. The zero-order chi connectivity index (χ0) is 20.1. The number of aromatic nitrogens is 1. The summed E-state index contributed by atoms with van der Waals surface area (Å²) in [6.07, 6.45) is 1.87. The van der Waals surface area contributed by atoms with Crippen LogP contribution in [0.3, 0.4) is 0 Å². The first-order chi connectivity index (χ1) is 13.4. The first-order valence-electron chi connectivity index (χ1n) is 9.43. The van der Waals surface area contributed by atoms with E-state index in [2.05, 4.69) is 15.6 Å². The predicted molar refractivity (Wildman–Crippen MR) is 112 cm³/mol. The van der Waals surface area contributed by atoms with Crippen LogP contribution < -0.4 is 10.6 Å². The van der Waals surface area contributed by atoms with Gasteiger partial charge in [-0.15, -0.1) is 0 Å². The quantitative estimate of drug-likeness (QED) is 0.687. The SMILES string of the molecule is Cc1ccnc(NC(=O)C(NC(=O)Cc2ccc3ccccc3c2)C(C)C)c1. The number of nitrogens with zero attached hydrogens (tertiary/aromatic N) is 1. The van der Waals surface area contributed by atoms with E-state index in [9.17, 15) is 9.59 Å². The van der Waals surface area contributed by atoms with Gasteiger partial charge < -0.3 is 10.6 Å². The molecular formula is C23H25N3O2. The minimum atomic E-state index is -0.629. The van der Waals surface area contributed by atoms with Crippen LogP contribution in [-0.4, -0.2) is 22.8 Å². The number of anilines is 1. The van der Waals surface area contributed by atoms with Crippen LogP contribution in [0.4, 0.5) is 5.82 Å². The molecule has 0 aliphatic carbocycles. The van der Waals surface area contributed by atoms with E-state index < -0.39 is 6.04 Å². The maximum Gasteiger partial charge on any atom is 0.248 e. The Bertz CT molecular complexity index is 998. The van der Waals surface area contributed by atoms with Gasteiger partial charge in [-0.2, -0.15) is 0 Å². The molecule has 0 radical (unpaired) electrons. The molecule has 1 unspecified atom stereocenters. The van der Waals surface area contributed by atoms with E-state index in [1.807, 2.05) is 69.3 Å². The van der Waals surface area contributed by atoms with Gasteiger partial charge >= 0.3 is 0 Å². The standard InChI is InChI=1S/C23H25N3O2/c1-15(2)22(23(28)25-20-12-16(3)10-11-24-20)26-21(27)14-17-8-9-18-6-4-5-7-19(18)13-17/h4-13,15,22H,14H2,1-3H3,(H,26,27)(H,24,25,28). The molecule has 0 saturated heterocycles. The summed E-state index contributed by atoms with van der Waals surface area (Å²) in [5, 5.41) is 7.89. The van der Waals surface area contributed by atoms with Crippen molar-refractivity contribution >= 4 is 28.4 Å². The van der Waals surface area contributed by atoms with Crippen molar-refractivity contribution in [3.63, 3.8) is 0 Å². The van der Waals surface area contributed by atoms with Gasteiger partial charge in [0.2, 0.25) is 11.8 Å². The Balaban J connectivity index is 1.67. The van der Waals surface area contributed by atoms with E-state index in [-0.39, 0.29) is 24.2 Å². The van der Waals surface area contributed by atoms with E-state index in [0.29, 0.717) is 5.82 Å². The van der Waals surface area contributed by atoms with Crippen LogP contribution in [0.25, 0.3) is 10.8 Å². The van der Waals surface area contributed by atoms with Gasteiger partial charge in [-0.05, 0) is 46.9 Å². The van der Waals surface area contributed by atoms with Gasteiger partial charge in [0.1, 0.15) is 11.9 Å². The Morgan fingerprint density at radius 1 is 1.00 bits per heavy atom. The summed E-state index contributed by atoms with van der Waals surface area (Å²) < 4.78 is 0. The highest BCUT2D eigenvalue weighted by atomic mass is 16.2. The molecule has 1 aromatic heterocycles. The summed E-state index contributed by atoms with van der Waals surface area (Å²) in [5.74, 6) is -0.00825. The van der Waals surface area contributed by atoms with E-state index in [4.69, 9.17) is 0 Å². The summed E-state index contributed by atoms with van der Waals surface area (Å²) in [5.41, 5.74) is 1.92. The van der Waals surface area contributed by atoms with Crippen LogP contribution in [0, 0.1) is 12.8 Å². The van der Waals surface area contributed by atoms with E-state index in [1.54, 1.807) is 12.3 Å². The monoisotopic (exact) mass is 375 g/mol. The second-order valence-electron chi connectivity index (χ2n) is 7.36. The molecule has 0 fully saturated rings. The summed E-state index contributed by atoms with van der Waals surface area (Å²) in [4.78, 5) is 29.4. The summed E-state index contributed by atoms with van der Waals surface area (Å²) in [7, 11) is 0. The van der Waals surface area contributed by atoms with Gasteiger partial charge in [-0.1, -0.05) is 56.3 Å². The largest absolute Gasteiger partial charge is 0.344 e. The highest BCUT2D eigenvalue weighted by Gasteiger charge is 2.24. The summed E-state index contributed by atoms with van der Waals surface area (Å²) in [6, 6.07) is 17.0. The molecule has 5 heteroatoms. The van der Waals surface area contributed by atoms with Crippen LogP contribution >= 0.6 is 0 Å². The first-order valence-corrected chi connectivity index (χ1v) is 9.43. The van der Waals surface area contributed by atoms with Gasteiger partial charge in [0.15, 0.2) is 0 Å². The van der Waals surface area contributed by atoms with Gasteiger partial charge in [0.25, 0.3) is 0 Å². The number of benzene rings is 2. The van der Waals surface area contributed by atoms with Crippen molar-refractivity contribution in [2.45, 2.75) is 33.2 Å². The second-order valence-corrected chi connectivity index (χ2v) is 7.36. The lowest BCUT2D eigenvalue weighted by atomic mass is 10.0. The van der Waals surface area contributed by atoms with Crippen molar-refractivity contribution in [2.24, 2.45) is 5.92 Å². The average molecular weight is 375 g/mol. The molecule has 1 atom stereocenters. The molecular weight excluding hydrogens is 350 g/mol. The maximum absolute atomic E-state index is 12.7. The molecule has 28 heavy (non-hydrogen) atoms. The molecule has 0 aliphatic heterocycles. The Hall–Kier alpha value is -3.21. The first kappa shape index (κ1) is 19.5. The Morgan fingerprint density at radius 3 is 2.46 bits per heavy atom. The molecule has 3 rings (SSSR count). The molecule has 2 N–H and O–H groups in total. The predicted octanol–water partition coefficient (Wildman–Crippen LogP) is 3.87. The molecule has 3 aromatic rings. The number of rotatable bonds is 6. The topological polar surface area (TPSA) is 71.1 Å². The smallest absolute Gasteiger partial charge is 0.248 e. The molecule has 1 heterocycles. The van der Waals surface area contributed by atoms with Crippen molar-refractivity contribution < 1.29 is 9.59 Å². The summed E-state index contributed by atoms with van der Waals surface area (Å²) in [6.45, 7) is 5.75. The Labute approximate surface area is 165 Å². The number of carbonyl (C=O) groups is 2. The maximum atomic E-state index is 12.7. The Kier molecular flexibility index (Phi) is 6.04. The fourth-order valence-electron chi connectivity index (χ4n) is 3.10. The molecule has 2 aromatic carbocycles.